The van der Waals surface area contributed by atoms with Crippen LogP contribution in [0.15, 0.2) is 30.6 Å². The van der Waals surface area contributed by atoms with E-state index >= 15 is 0 Å². The maximum Gasteiger partial charge on any atom is 0.253 e. The lowest BCUT2D eigenvalue weighted by Crippen LogP contribution is -2.49. The van der Waals surface area contributed by atoms with Crippen molar-refractivity contribution in [3.8, 4) is 11.3 Å². The van der Waals surface area contributed by atoms with Crippen LogP contribution in [0.2, 0.25) is 5.02 Å². The van der Waals surface area contributed by atoms with E-state index in [1.165, 1.54) is 0 Å². The number of rotatable bonds is 3. The van der Waals surface area contributed by atoms with Gasteiger partial charge in [-0.05, 0) is 30.7 Å². The van der Waals surface area contributed by atoms with Crippen LogP contribution in [0.5, 0.6) is 0 Å². The molecule has 2 aliphatic heterocycles. The first-order valence-electron chi connectivity index (χ1n) is 11.7. The number of hydrogen-bond donors (Lipinski definition) is 0. The summed E-state index contributed by atoms with van der Waals surface area (Å²) in [5.74, 6) is 0.862. The van der Waals surface area contributed by atoms with Gasteiger partial charge in [-0.3, -0.25) is 14.3 Å². The van der Waals surface area contributed by atoms with Crippen LogP contribution in [0.25, 0.3) is 11.3 Å². The van der Waals surface area contributed by atoms with Crippen molar-refractivity contribution in [1.82, 2.24) is 29.5 Å². The number of aryl methyl sites for hydroxylation is 2. The summed E-state index contributed by atoms with van der Waals surface area (Å²) in [6.45, 7) is 7.08. The van der Waals surface area contributed by atoms with Gasteiger partial charge >= 0.3 is 0 Å². The van der Waals surface area contributed by atoms with Gasteiger partial charge in [0.1, 0.15) is 5.69 Å². The van der Waals surface area contributed by atoms with Crippen LogP contribution in [-0.2, 0) is 24.8 Å². The lowest BCUT2D eigenvalue weighted by molar-refractivity contribution is -0.129. The molecule has 2 aliphatic rings. The predicted molar refractivity (Wildman–Crippen MR) is 133 cm³/mol. The fourth-order valence-corrected chi connectivity index (χ4v) is 4.75. The Balaban J connectivity index is 1.40. The number of benzene rings is 1. The topological polar surface area (TPSA) is 87.5 Å². The predicted octanol–water partition coefficient (Wildman–Crippen LogP) is 2.71. The van der Waals surface area contributed by atoms with Gasteiger partial charge in [0.15, 0.2) is 5.82 Å². The summed E-state index contributed by atoms with van der Waals surface area (Å²) < 4.78 is 1.74. The van der Waals surface area contributed by atoms with Crippen LogP contribution in [0, 0.1) is 6.92 Å². The maximum atomic E-state index is 13.1. The average Bonchev–Trinajstić information content (AvgIpc) is 3.30. The number of anilines is 1. The second-order valence-electron chi connectivity index (χ2n) is 9.13. The highest BCUT2D eigenvalue weighted by Gasteiger charge is 2.29. The van der Waals surface area contributed by atoms with Crippen molar-refractivity contribution in [3.63, 3.8) is 0 Å². The number of carbonyl (C=O) groups excluding carboxylic acids is 2. The van der Waals surface area contributed by atoms with E-state index in [1.807, 2.05) is 31.1 Å². The molecule has 3 aromatic rings. The van der Waals surface area contributed by atoms with E-state index in [1.54, 1.807) is 34.8 Å². The summed E-state index contributed by atoms with van der Waals surface area (Å²) in [7, 11) is 1.87. The first kappa shape index (κ1) is 23.3. The van der Waals surface area contributed by atoms with Gasteiger partial charge < -0.3 is 14.7 Å². The molecule has 0 unspecified atom stereocenters. The summed E-state index contributed by atoms with van der Waals surface area (Å²) >= 11 is 6.13. The number of nitrogens with zero attached hydrogens (tertiary/aromatic N) is 7. The summed E-state index contributed by atoms with van der Waals surface area (Å²) in [4.78, 5) is 40.9. The van der Waals surface area contributed by atoms with E-state index in [0.29, 0.717) is 56.3 Å². The Morgan fingerprint density at radius 2 is 1.77 bits per heavy atom. The molecule has 182 valence electrons. The SMILES string of the molecule is CC(=O)N1CCc2nc(N3CCN(C(=O)c4ccc(Cl)c(C)c4)CC3)c(-c3cnn(C)c3)nc2C1. The van der Waals surface area contributed by atoms with Crippen molar-refractivity contribution in [2.24, 2.45) is 7.05 Å². The van der Waals surface area contributed by atoms with E-state index in [2.05, 4.69) is 10.00 Å². The Hall–Kier alpha value is -3.46. The lowest BCUT2D eigenvalue weighted by atomic mass is 10.1. The third kappa shape index (κ3) is 4.60. The Bertz CT molecular complexity index is 1300. The van der Waals surface area contributed by atoms with E-state index in [4.69, 9.17) is 21.6 Å². The molecule has 2 aromatic heterocycles. The zero-order valence-electron chi connectivity index (χ0n) is 20.2. The van der Waals surface area contributed by atoms with Gasteiger partial charge in [0, 0.05) is 75.5 Å². The highest BCUT2D eigenvalue weighted by atomic mass is 35.5. The molecule has 0 saturated carbocycles. The molecule has 0 aliphatic carbocycles. The first-order chi connectivity index (χ1) is 16.8. The summed E-state index contributed by atoms with van der Waals surface area (Å²) in [5.41, 5.74) is 4.95. The molecule has 35 heavy (non-hydrogen) atoms. The standard InChI is InChI=1S/C25H28ClN7O2/c1-16-12-18(4-5-20(16)26)25(35)32-10-8-31(9-11-32)24-23(19-13-27-30(3)14-19)28-22-15-33(17(2)34)7-6-21(22)29-24/h4-5,12-14H,6-11,15H2,1-3H3. The van der Waals surface area contributed by atoms with Crippen LogP contribution < -0.4 is 4.90 Å². The fraction of sp³-hybridized carbons (Fsp3) is 0.400. The zero-order chi connectivity index (χ0) is 24.7. The highest BCUT2D eigenvalue weighted by Crippen LogP contribution is 2.31. The third-order valence-electron chi connectivity index (χ3n) is 6.69. The number of carbonyl (C=O) groups is 2. The Morgan fingerprint density at radius 3 is 2.43 bits per heavy atom. The average molecular weight is 494 g/mol. The molecule has 1 saturated heterocycles. The van der Waals surface area contributed by atoms with Gasteiger partial charge in [-0.15, -0.1) is 0 Å². The lowest BCUT2D eigenvalue weighted by Gasteiger charge is -2.37. The monoisotopic (exact) mass is 493 g/mol. The number of halogens is 1. The molecule has 0 spiro atoms. The number of aromatic nitrogens is 4. The minimum atomic E-state index is 0.0118. The molecule has 2 amide bonds. The molecule has 10 heteroatoms. The van der Waals surface area contributed by atoms with E-state index in [0.717, 1.165) is 34.0 Å². The van der Waals surface area contributed by atoms with Crippen LogP contribution in [0.3, 0.4) is 0 Å². The van der Waals surface area contributed by atoms with Gasteiger partial charge in [-0.25, -0.2) is 9.97 Å². The number of amides is 2. The molecule has 1 aromatic carbocycles. The summed E-state index contributed by atoms with van der Waals surface area (Å²) in [5, 5.41) is 4.98. The second kappa shape index (κ2) is 9.30. The van der Waals surface area contributed by atoms with E-state index in [-0.39, 0.29) is 11.8 Å². The fourth-order valence-electron chi connectivity index (χ4n) is 4.63. The molecule has 0 radical (unpaired) electrons. The first-order valence-corrected chi connectivity index (χ1v) is 12.1. The quantitative estimate of drug-likeness (QED) is 0.557. The molecule has 0 atom stereocenters. The smallest absolute Gasteiger partial charge is 0.253 e. The summed E-state index contributed by atoms with van der Waals surface area (Å²) in [6.07, 6.45) is 4.39. The minimum absolute atomic E-state index is 0.0118. The number of piperazine rings is 1. The second-order valence-corrected chi connectivity index (χ2v) is 9.53. The van der Waals surface area contributed by atoms with Crippen LogP contribution >= 0.6 is 11.6 Å². The Morgan fingerprint density at radius 1 is 1.00 bits per heavy atom. The van der Waals surface area contributed by atoms with Crippen LogP contribution in [0.4, 0.5) is 5.82 Å². The van der Waals surface area contributed by atoms with Gasteiger partial charge in [0.2, 0.25) is 5.91 Å². The van der Waals surface area contributed by atoms with Crippen LogP contribution in [-0.4, -0.2) is 74.1 Å². The molecular weight excluding hydrogens is 466 g/mol. The van der Waals surface area contributed by atoms with Crippen molar-refractivity contribution in [2.45, 2.75) is 26.8 Å². The number of fused-ring (bicyclic) bond motifs is 1. The molecular formula is C25H28ClN7O2. The number of hydrogen-bond acceptors (Lipinski definition) is 6. The molecule has 5 rings (SSSR count). The zero-order valence-corrected chi connectivity index (χ0v) is 20.9. The highest BCUT2D eigenvalue weighted by molar-refractivity contribution is 6.31. The molecule has 0 N–H and O–H groups in total. The van der Waals surface area contributed by atoms with Gasteiger partial charge in [0.05, 0.1) is 24.1 Å². The molecule has 0 bridgehead atoms. The maximum absolute atomic E-state index is 13.1. The van der Waals surface area contributed by atoms with Crippen LogP contribution in [0.1, 0.15) is 34.2 Å². The van der Waals surface area contributed by atoms with E-state index < -0.39 is 0 Å². The summed E-state index contributed by atoms with van der Waals surface area (Å²) in [6, 6.07) is 5.40. The molecule has 1 fully saturated rings. The van der Waals surface area contributed by atoms with Gasteiger partial charge in [-0.1, -0.05) is 11.6 Å². The van der Waals surface area contributed by atoms with Crippen molar-refractivity contribution >= 4 is 29.2 Å². The van der Waals surface area contributed by atoms with Crippen molar-refractivity contribution in [3.05, 3.63) is 58.1 Å². The minimum Gasteiger partial charge on any atom is -0.351 e. The Kier molecular flexibility index (Phi) is 6.19. The Labute approximate surface area is 209 Å². The molecule has 9 nitrogen and oxygen atoms in total. The molecule has 4 heterocycles. The third-order valence-corrected chi connectivity index (χ3v) is 7.11. The van der Waals surface area contributed by atoms with E-state index in [9.17, 15) is 9.59 Å². The van der Waals surface area contributed by atoms with Gasteiger partial charge in [-0.2, -0.15) is 5.10 Å². The largest absolute Gasteiger partial charge is 0.351 e. The van der Waals surface area contributed by atoms with Crippen molar-refractivity contribution in [1.29, 1.82) is 0 Å². The van der Waals surface area contributed by atoms with Crippen molar-refractivity contribution < 1.29 is 9.59 Å². The van der Waals surface area contributed by atoms with Gasteiger partial charge in [0.25, 0.3) is 5.91 Å². The normalized spacial score (nSPS) is 15.8. The van der Waals surface area contributed by atoms with Crippen molar-refractivity contribution in [2.75, 3.05) is 37.6 Å².